The summed E-state index contributed by atoms with van der Waals surface area (Å²) in [6.45, 7) is 7.64. The molecule has 0 bridgehead atoms. The lowest BCUT2D eigenvalue weighted by Crippen LogP contribution is -2.48. The summed E-state index contributed by atoms with van der Waals surface area (Å²) in [6, 6.07) is 11.7. The van der Waals surface area contributed by atoms with Crippen molar-refractivity contribution >= 4 is 27.3 Å². The number of piperazine rings is 1. The van der Waals surface area contributed by atoms with Crippen molar-refractivity contribution in [3.63, 3.8) is 0 Å². The molecule has 0 aliphatic carbocycles. The van der Waals surface area contributed by atoms with E-state index in [1.165, 1.54) is 0 Å². The Morgan fingerprint density at radius 1 is 1.03 bits per heavy atom. The number of aryl methyl sites for hydroxylation is 2. The number of benzene rings is 2. The van der Waals surface area contributed by atoms with Crippen LogP contribution in [0.25, 0.3) is 0 Å². The van der Waals surface area contributed by atoms with Gasteiger partial charge in [-0.2, -0.15) is 0 Å². The first-order chi connectivity index (χ1) is 14.6. The molecule has 2 aromatic carbocycles. The van der Waals surface area contributed by atoms with E-state index in [0.717, 1.165) is 43.0 Å². The van der Waals surface area contributed by atoms with Crippen LogP contribution in [-0.4, -0.2) is 72.1 Å². The molecule has 3 rings (SSSR count). The predicted molar refractivity (Wildman–Crippen MR) is 129 cm³/mol. The molecule has 1 aliphatic rings. The van der Waals surface area contributed by atoms with Gasteiger partial charge in [-0.3, -0.25) is 4.90 Å². The molecule has 1 unspecified atom stereocenters. The van der Waals surface area contributed by atoms with Gasteiger partial charge in [0.2, 0.25) is 10.0 Å². The second kappa shape index (κ2) is 9.88. The van der Waals surface area contributed by atoms with E-state index in [2.05, 4.69) is 50.7 Å². The van der Waals surface area contributed by atoms with Crippen molar-refractivity contribution in [3.8, 4) is 0 Å². The Bertz CT molecular complexity index is 1000. The van der Waals surface area contributed by atoms with Crippen molar-refractivity contribution in [2.45, 2.75) is 24.8 Å². The average Bonchev–Trinajstić information content (AvgIpc) is 2.72. The number of sulfonamides is 1. The van der Waals surface area contributed by atoms with Gasteiger partial charge in [0.05, 0.1) is 4.90 Å². The highest BCUT2D eigenvalue weighted by Crippen LogP contribution is 2.27. The zero-order valence-corrected chi connectivity index (χ0v) is 20.6. The number of nitrogens with one attached hydrogen (secondary N) is 1. The third-order valence-corrected chi connectivity index (χ3v) is 7.96. The SMILES string of the molecule is Cc1cc(S(=O)(=O)NCC(c2ccc(N(C)C)cc2)N2CCN(C)CC2)c(C)cc1Cl. The highest BCUT2D eigenvalue weighted by molar-refractivity contribution is 7.89. The number of rotatable bonds is 7. The van der Waals surface area contributed by atoms with Gasteiger partial charge in [-0.1, -0.05) is 23.7 Å². The average molecular weight is 465 g/mol. The van der Waals surface area contributed by atoms with Crippen molar-refractivity contribution in [2.24, 2.45) is 0 Å². The molecule has 2 aromatic rings. The van der Waals surface area contributed by atoms with E-state index < -0.39 is 10.0 Å². The van der Waals surface area contributed by atoms with Crippen LogP contribution >= 0.6 is 11.6 Å². The van der Waals surface area contributed by atoms with Crippen LogP contribution in [0, 0.1) is 13.8 Å². The monoisotopic (exact) mass is 464 g/mol. The van der Waals surface area contributed by atoms with E-state index in [1.807, 2.05) is 21.0 Å². The Hall–Kier alpha value is -1.64. The van der Waals surface area contributed by atoms with Crippen LogP contribution in [0.3, 0.4) is 0 Å². The molecule has 1 N–H and O–H groups in total. The van der Waals surface area contributed by atoms with Gasteiger partial charge in [-0.15, -0.1) is 0 Å². The Kier molecular flexibility index (Phi) is 7.65. The lowest BCUT2D eigenvalue weighted by Gasteiger charge is -2.38. The van der Waals surface area contributed by atoms with Gasteiger partial charge in [-0.25, -0.2) is 13.1 Å². The van der Waals surface area contributed by atoms with E-state index in [4.69, 9.17) is 11.6 Å². The Labute approximate surface area is 191 Å². The summed E-state index contributed by atoms with van der Waals surface area (Å²) in [4.78, 5) is 7.01. The third-order valence-electron chi connectivity index (χ3n) is 5.99. The quantitative estimate of drug-likeness (QED) is 0.681. The molecular weight excluding hydrogens is 432 g/mol. The molecule has 0 amide bonds. The highest BCUT2D eigenvalue weighted by atomic mass is 35.5. The van der Waals surface area contributed by atoms with E-state index in [-0.39, 0.29) is 10.9 Å². The zero-order chi connectivity index (χ0) is 22.8. The summed E-state index contributed by atoms with van der Waals surface area (Å²) in [5.74, 6) is 0. The fourth-order valence-electron chi connectivity index (χ4n) is 3.90. The fraction of sp³-hybridized carbons (Fsp3) is 0.478. The van der Waals surface area contributed by atoms with Gasteiger partial charge < -0.3 is 9.80 Å². The fourth-order valence-corrected chi connectivity index (χ4v) is 5.46. The first-order valence-corrected chi connectivity index (χ1v) is 12.4. The standard InChI is InChI=1S/C23H33ClN4O2S/c1-17-15-23(18(2)14-21(17)24)31(29,30)25-16-22(28-12-10-27(5)11-13-28)19-6-8-20(9-7-19)26(3)4/h6-9,14-15,22,25H,10-13,16H2,1-5H3. The zero-order valence-electron chi connectivity index (χ0n) is 19.0. The molecule has 1 heterocycles. The van der Waals surface area contributed by atoms with Crippen LogP contribution in [0.1, 0.15) is 22.7 Å². The van der Waals surface area contributed by atoms with E-state index in [9.17, 15) is 8.42 Å². The maximum Gasteiger partial charge on any atom is 0.240 e. The summed E-state index contributed by atoms with van der Waals surface area (Å²) < 4.78 is 29.2. The van der Waals surface area contributed by atoms with Crippen molar-refractivity contribution in [3.05, 3.63) is 58.1 Å². The van der Waals surface area contributed by atoms with Crippen LogP contribution < -0.4 is 9.62 Å². The molecule has 0 radical (unpaired) electrons. The molecule has 1 saturated heterocycles. The number of nitrogens with zero attached hydrogens (tertiary/aromatic N) is 3. The topological polar surface area (TPSA) is 55.9 Å². The van der Waals surface area contributed by atoms with Gasteiger partial charge >= 0.3 is 0 Å². The second-order valence-corrected chi connectivity index (χ2v) is 10.7. The molecule has 1 atom stereocenters. The number of hydrogen-bond acceptors (Lipinski definition) is 5. The van der Waals surface area contributed by atoms with Gasteiger partial charge in [0.15, 0.2) is 0 Å². The van der Waals surface area contributed by atoms with Crippen molar-refractivity contribution in [2.75, 3.05) is 58.8 Å². The molecule has 1 fully saturated rings. The first-order valence-electron chi connectivity index (χ1n) is 10.5. The van der Waals surface area contributed by atoms with Crippen molar-refractivity contribution in [1.29, 1.82) is 0 Å². The molecular formula is C23H33ClN4O2S. The Balaban J connectivity index is 1.85. The number of anilines is 1. The van der Waals surface area contributed by atoms with E-state index in [0.29, 0.717) is 17.1 Å². The highest BCUT2D eigenvalue weighted by Gasteiger charge is 2.27. The number of likely N-dealkylation sites (N-methyl/N-ethyl adjacent to an activating group) is 1. The maximum absolute atomic E-state index is 13.1. The van der Waals surface area contributed by atoms with Crippen LogP contribution in [0.5, 0.6) is 0 Å². The van der Waals surface area contributed by atoms with Gasteiger partial charge in [-0.05, 0) is 61.9 Å². The normalized spacial score (nSPS) is 17.0. The third kappa shape index (κ3) is 5.79. The van der Waals surface area contributed by atoms with Crippen molar-refractivity contribution < 1.29 is 8.42 Å². The Morgan fingerprint density at radius 3 is 2.23 bits per heavy atom. The minimum absolute atomic E-state index is 0.0339. The number of hydrogen-bond donors (Lipinski definition) is 1. The number of halogens is 1. The smallest absolute Gasteiger partial charge is 0.240 e. The second-order valence-electron chi connectivity index (χ2n) is 8.56. The molecule has 170 valence electrons. The minimum Gasteiger partial charge on any atom is -0.378 e. The molecule has 31 heavy (non-hydrogen) atoms. The molecule has 6 nitrogen and oxygen atoms in total. The first kappa shape index (κ1) is 24.0. The molecule has 0 spiro atoms. The lowest BCUT2D eigenvalue weighted by molar-refractivity contribution is 0.113. The van der Waals surface area contributed by atoms with Crippen molar-refractivity contribution in [1.82, 2.24) is 14.5 Å². The largest absolute Gasteiger partial charge is 0.378 e. The molecule has 0 aromatic heterocycles. The maximum atomic E-state index is 13.1. The van der Waals surface area contributed by atoms with Gasteiger partial charge in [0.1, 0.15) is 0 Å². The van der Waals surface area contributed by atoms with E-state index >= 15 is 0 Å². The minimum atomic E-state index is -3.66. The summed E-state index contributed by atoms with van der Waals surface area (Å²) in [7, 11) is 2.48. The molecule has 0 saturated carbocycles. The molecule has 8 heteroatoms. The predicted octanol–water partition coefficient (Wildman–Crippen LogP) is 3.29. The van der Waals surface area contributed by atoms with Crippen LogP contribution in [-0.2, 0) is 10.0 Å². The Morgan fingerprint density at radius 2 is 1.65 bits per heavy atom. The summed E-state index contributed by atoms with van der Waals surface area (Å²) in [5, 5.41) is 0.577. The summed E-state index contributed by atoms with van der Waals surface area (Å²) in [5.41, 5.74) is 3.63. The lowest BCUT2D eigenvalue weighted by atomic mass is 10.0. The van der Waals surface area contributed by atoms with Gasteiger partial charge in [0, 0.05) is 63.6 Å². The molecule has 1 aliphatic heterocycles. The van der Waals surface area contributed by atoms with E-state index in [1.54, 1.807) is 19.1 Å². The van der Waals surface area contributed by atoms with Gasteiger partial charge in [0.25, 0.3) is 0 Å². The van der Waals surface area contributed by atoms with Crippen LogP contribution in [0.4, 0.5) is 5.69 Å². The summed E-state index contributed by atoms with van der Waals surface area (Å²) >= 11 is 6.16. The summed E-state index contributed by atoms with van der Waals surface area (Å²) in [6.07, 6.45) is 0. The van der Waals surface area contributed by atoms with Crippen LogP contribution in [0.2, 0.25) is 5.02 Å². The van der Waals surface area contributed by atoms with Crippen LogP contribution in [0.15, 0.2) is 41.3 Å².